The third-order valence-electron chi connectivity index (χ3n) is 4.93. The molecule has 0 amide bonds. The molecule has 7 heteroatoms. The number of hydrogen-bond donors (Lipinski definition) is 1. The summed E-state index contributed by atoms with van der Waals surface area (Å²) in [5.74, 6) is -0.487. The molecule has 3 heterocycles. The highest BCUT2D eigenvalue weighted by atomic mass is 32.1. The first kappa shape index (κ1) is 15.5. The van der Waals surface area contributed by atoms with Gasteiger partial charge in [0.1, 0.15) is 16.0 Å². The van der Waals surface area contributed by atoms with E-state index in [-0.39, 0.29) is 16.8 Å². The Labute approximate surface area is 150 Å². The normalized spacial score (nSPS) is 14.4. The van der Waals surface area contributed by atoms with Gasteiger partial charge in [0.2, 0.25) is 5.43 Å². The second-order valence-corrected chi connectivity index (χ2v) is 7.42. The zero-order valence-electron chi connectivity index (χ0n) is 13.9. The summed E-state index contributed by atoms with van der Waals surface area (Å²) in [4.78, 5) is 29.8. The molecule has 5 nitrogen and oxygen atoms in total. The predicted molar refractivity (Wildman–Crippen MR) is 100 cm³/mol. The second-order valence-electron chi connectivity index (χ2n) is 6.63. The molecule has 1 aliphatic rings. The number of benzene rings is 1. The van der Waals surface area contributed by atoms with Crippen molar-refractivity contribution >= 4 is 32.7 Å². The first-order valence-electron chi connectivity index (χ1n) is 8.37. The summed E-state index contributed by atoms with van der Waals surface area (Å²) in [7, 11) is 0. The number of rotatable bonds is 2. The lowest BCUT2D eigenvalue weighted by molar-refractivity contribution is 0.632. The Morgan fingerprint density at radius 3 is 2.81 bits per heavy atom. The monoisotopic (exact) mass is 367 g/mol. The SMILES string of the molecule is Cc1ncccc1-c1cc2c(cc1F)c(=O)c1c(=O)[nH]sc1n2C1CC1. The fraction of sp³-hybridized carbons (Fsp3) is 0.211. The zero-order chi connectivity index (χ0) is 18.0. The molecule has 130 valence electrons. The number of nitrogens with zero attached hydrogens (tertiary/aromatic N) is 2. The fourth-order valence-corrected chi connectivity index (χ4v) is 4.45. The molecule has 1 aliphatic carbocycles. The molecular formula is C19H14FN3O2S. The van der Waals surface area contributed by atoms with Crippen molar-refractivity contribution in [1.82, 2.24) is 13.9 Å². The third-order valence-corrected chi connectivity index (χ3v) is 5.81. The lowest BCUT2D eigenvalue weighted by atomic mass is 10.0. The van der Waals surface area contributed by atoms with Crippen molar-refractivity contribution < 1.29 is 4.39 Å². The lowest BCUT2D eigenvalue weighted by Gasteiger charge is -2.14. The first-order valence-corrected chi connectivity index (χ1v) is 9.19. The van der Waals surface area contributed by atoms with Gasteiger partial charge in [-0.25, -0.2) is 4.39 Å². The summed E-state index contributed by atoms with van der Waals surface area (Å²) in [6, 6.07) is 6.80. The number of halogens is 1. The number of aryl methyl sites for hydroxylation is 1. The van der Waals surface area contributed by atoms with Crippen LogP contribution in [0.4, 0.5) is 4.39 Å². The van der Waals surface area contributed by atoms with E-state index < -0.39 is 16.8 Å². The topological polar surface area (TPSA) is 67.8 Å². The van der Waals surface area contributed by atoms with E-state index in [9.17, 15) is 14.0 Å². The Morgan fingerprint density at radius 2 is 2.08 bits per heavy atom. The van der Waals surface area contributed by atoms with E-state index in [4.69, 9.17) is 0 Å². The van der Waals surface area contributed by atoms with Crippen LogP contribution in [0.3, 0.4) is 0 Å². The van der Waals surface area contributed by atoms with Gasteiger partial charge in [-0.3, -0.25) is 18.9 Å². The van der Waals surface area contributed by atoms with E-state index in [2.05, 4.69) is 9.36 Å². The summed E-state index contributed by atoms with van der Waals surface area (Å²) in [6.07, 6.45) is 3.63. The first-order chi connectivity index (χ1) is 12.6. The van der Waals surface area contributed by atoms with Crippen molar-refractivity contribution in [3.05, 3.63) is 62.6 Å². The molecule has 0 saturated heterocycles. The second kappa shape index (κ2) is 5.35. The van der Waals surface area contributed by atoms with Crippen LogP contribution in [0.5, 0.6) is 0 Å². The van der Waals surface area contributed by atoms with Crippen molar-refractivity contribution in [2.45, 2.75) is 25.8 Å². The Hall–Kier alpha value is -2.80. The zero-order valence-corrected chi connectivity index (χ0v) is 14.7. The quantitative estimate of drug-likeness (QED) is 0.587. The molecule has 0 aliphatic heterocycles. The average molecular weight is 367 g/mol. The van der Waals surface area contributed by atoms with E-state index in [1.807, 2.05) is 17.6 Å². The van der Waals surface area contributed by atoms with Crippen LogP contribution in [0.15, 0.2) is 40.1 Å². The highest BCUT2D eigenvalue weighted by Crippen LogP contribution is 2.40. The lowest BCUT2D eigenvalue weighted by Crippen LogP contribution is -2.15. The van der Waals surface area contributed by atoms with Crippen LogP contribution >= 0.6 is 11.5 Å². The molecule has 0 atom stereocenters. The van der Waals surface area contributed by atoms with E-state index in [1.54, 1.807) is 18.3 Å². The van der Waals surface area contributed by atoms with Crippen LogP contribution in [0, 0.1) is 12.7 Å². The van der Waals surface area contributed by atoms with Gasteiger partial charge in [-0.15, -0.1) is 0 Å². The molecule has 0 spiro atoms. The maximum atomic E-state index is 14.9. The largest absolute Gasteiger partial charge is 0.328 e. The number of pyridine rings is 2. The van der Waals surface area contributed by atoms with Gasteiger partial charge in [-0.2, -0.15) is 0 Å². The van der Waals surface area contributed by atoms with Crippen molar-refractivity contribution in [3.8, 4) is 11.1 Å². The molecular weight excluding hydrogens is 353 g/mol. The number of fused-ring (bicyclic) bond motifs is 2. The van der Waals surface area contributed by atoms with Gasteiger partial charge in [-0.1, -0.05) is 6.07 Å². The van der Waals surface area contributed by atoms with Crippen LogP contribution in [-0.2, 0) is 0 Å². The number of nitrogens with one attached hydrogen (secondary N) is 1. The number of hydrogen-bond acceptors (Lipinski definition) is 4. The van der Waals surface area contributed by atoms with Gasteiger partial charge in [0.15, 0.2) is 0 Å². The van der Waals surface area contributed by atoms with Gasteiger partial charge >= 0.3 is 0 Å². The van der Waals surface area contributed by atoms with Gasteiger partial charge in [0.25, 0.3) is 5.56 Å². The minimum atomic E-state index is -0.487. The van der Waals surface area contributed by atoms with E-state index in [1.165, 1.54) is 17.6 Å². The molecule has 1 fully saturated rings. The number of aromatic amines is 1. The van der Waals surface area contributed by atoms with Gasteiger partial charge in [-0.05, 0) is 49.5 Å². The summed E-state index contributed by atoms with van der Waals surface area (Å²) in [5.41, 5.74) is 1.68. The molecule has 5 rings (SSSR count). The predicted octanol–water partition coefficient (Wildman–Crippen LogP) is 3.75. The van der Waals surface area contributed by atoms with Gasteiger partial charge in [0.05, 0.1) is 5.52 Å². The van der Waals surface area contributed by atoms with Crippen molar-refractivity contribution in [1.29, 1.82) is 0 Å². The van der Waals surface area contributed by atoms with E-state index >= 15 is 0 Å². The number of aromatic nitrogens is 3. The minimum Gasteiger partial charge on any atom is -0.328 e. The van der Waals surface area contributed by atoms with E-state index in [0.29, 0.717) is 21.5 Å². The Balaban J connectivity index is 1.96. The van der Waals surface area contributed by atoms with Gasteiger partial charge < -0.3 is 4.57 Å². The molecule has 1 saturated carbocycles. The minimum absolute atomic E-state index is 0.124. The Kier molecular flexibility index (Phi) is 3.18. The highest BCUT2D eigenvalue weighted by Gasteiger charge is 2.29. The molecule has 3 aromatic heterocycles. The third kappa shape index (κ3) is 2.10. The molecule has 26 heavy (non-hydrogen) atoms. The summed E-state index contributed by atoms with van der Waals surface area (Å²) in [5, 5.41) is 0.371. The summed E-state index contributed by atoms with van der Waals surface area (Å²) in [6.45, 7) is 1.83. The Bertz CT molecular complexity index is 1310. The van der Waals surface area contributed by atoms with Crippen LogP contribution < -0.4 is 11.0 Å². The van der Waals surface area contributed by atoms with Crippen molar-refractivity contribution in [2.75, 3.05) is 0 Å². The molecule has 0 radical (unpaired) electrons. The maximum absolute atomic E-state index is 14.9. The highest BCUT2D eigenvalue weighted by molar-refractivity contribution is 7.12. The smallest absolute Gasteiger partial charge is 0.271 e. The molecule has 4 aromatic rings. The molecule has 1 N–H and O–H groups in total. The standard InChI is InChI=1S/C19H14FN3O2S/c1-9-11(3-2-6-21-9)12-8-15-13(7-14(12)20)17(24)16-18(25)22-26-19(16)23(15)10-4-5-10/h2-3,6-8,10H,4-5H2,1H3,(H,22,25). The fourth-order valence-electron chi connectivity index (χ4n) is 3.52. The average Bonchev–Trinajstić information content (AvgIpc) is 3.38. The molecule has 0 bridgehead atoms. The number of H-pyrrole nitrogens is 1. The molecule has 1 aromatic carbocycles. The van der Waals surface area contributed by atoms with Crippen LogP contribution in [0.25, 0.3) is 32.2 Å². The maximum Gasteiger partial charge on any atom is 0.271 e. The van der Waals surface area contributed by atoms with Crippen molar-refractivity contribution in [2.24, 2.45) is 0 Å². The van der Waals surface area contributed by atoms with Crippen LogP contribution in [-0.4, -0.2) is 13.9 Å². The van der Waals surface area contributed by atoms with Gasteiger partial charge in [0, 0.05) is 34.4 Å². The van der Waals surface area contributed by atoms with Crippen LogP contribution in [0.2, 0.25) is 0 Å². The van der Waals surface area contributed by atoms with Crippen molar-refractivity contribution in [3.63, 3.8) is 0 Å². The molecule has 0 unspecified atom stereocenters. The van der Waals surface area contributed by atoms with Crippen LogP contribution in [0.1, 0.15) is 24.6 Å². The summed E-state index contributed by atoms with van der Waals surface area (Å²) >= 11 is 1.17. The Morgan fingerprint density at radius 1 is 1.27 bits per heavy atom. The van der Waals surface area contributed by atoms with E-state index in [0.717, 1.165) is 18.5 Å². The summed E-state index contributed by atoms with van der Waals surface area (Å²) < 4.78 is 19.5.